The second-order valence-electron chi connectivity index (χ2n) is 10.7. The molecular weight excluding hydrogens is 530 g/mol. The third-order valence-corrected chi connectivity index (χ3v) is 7.66. The molecule has 2 rings (SSSR count). The number of allylic oxidation sites excluding steroid dienone is 1. The van der Waals surface area contributed by atoms with E-state index in [1.165, 1.54) is 7.11 Å². The number of carbonyl (C=O) groups excluding carboxylic acids is 2. The van der Waals surface area contributed by atoms with Crippen molar-refractivity contribution in [2.24, 2.45) is 5.92 Å². The first-order valence-electron chi connectivity index (χ1n) is 13.0. The van der Waals surface area contributed by atoms with E-state index in [9.17, 15) is 19.5 Å². The zero-order valence-electron chi connectivity index (χ0n) is 24.0. The lowest BCUT2D eigenvalue weighted by Gasteiger charge is -2.18. The summed E-state index contributed by atoms with van der Waals surface area (Å²) >= 11 is 0. The number of hydrogen-bond acceptors (Lipinski definition) is 6. The molecule has 0 aliphatic carbocycles. The van der Waals surface area contributed by atoms with Crippen molar-refractivity contribution in [1.82, 2.24) is 14.9 Å². The van der Waals surface area contributed by atoms with Gasteiger partial charge in [0, 0.05) is 38.5 Å². The molecule has 4 N–H and O–H groups in total. The number of amides is 3. The third kappa shape index (κ3) is 10.3. The maximum atomic E-state index is 12.8. The Balaban J connectivity index is 2.54. The zero-order chi connectivity index (χ0) is 29.9. The van der Waals surface area contributed by atoms with E-state index in [-0.39, 0.29) is 25.0 Å². The standard InChI is InChI=1S/C28H41N5O6Si/c1-8-10-22(32-27(35)36)26-31-24(17-33(26)18-39-13-14-40(5,6)7)21-12-11-20(29-28(37)38-4)16-23(21)30-25(34)15-19(3)9-2/h8-9,11-12,16-17,19,22,32H,1-2,10,13-15,18H2,3-7H3,(H,29,37)(H,30,34)(H,35,36)/t19?,22-/m0/s1. The summed E-state index contributed by atoms with van der Waals surface area (Å²) in [6.07, 6.45) is 3.75. The van der Waals surface area contributed by atoms with Crippen LogP contribution in [0.25, 0.3) is 11.3 Å². The van der Waals surface area contributed by atoms with Crippen molar-refractivity contribution in [3.05, 3.63) is 55.5 Å². The molecule has 12 heteroatoms. The monoisotopic (exact) mass is 571 g/mol. The number of nitrogens with one attached hydrogen (secondary N) is 3. The molecule has 0 saturated carbocycles. The maximum Gasteiger partial charge on any atom is 0.411 e. The van der Waals surface area contributed by atoms with Gasteiger partial charge in [0.2, 0.25) is 5.91 Å². The van der Waals surface area contributed by atoms with Crippen LogP contribution in [0.5, 0.6) is 0 Å². The summed E-state index contributed by atoms with van der Waals surface area (Å²) in [7, 11) is -0.0514. The van der Waals surface area contributed by atoms with Gasteiger partial charge in [0.15, 0.2) is 0 Å². The number of carbonyl (C=O) groups is 3. The predicted molar refractivity (Wildman–Crippen MR) is 159 cm³/mol. The Morgan fingerprint density at radius 3 is 2.52 bits per heavy atom. The summed E-state index contributed by atoms with van der Waals surface area (Å²) in [5.74, 6) is 0.163. The first-order valence-corrected chi connectivity index (χ1v) is 16.7. The third-order valence-electron chi connectivity index (χ3n) is 5.96. The molecule has 1 aromatic carbocycles. The Labute approximate surface area is 236 Å². The minimum absolute atomic E-state index is 0.0410. The largest absolute Gasteiger partial charge is 0.465 e. The first kappa shape index (κ1) is 32.3. The predicted octanol–water partition coefficient (Wildman–Crippen LogP) is 6.08. The van der Waals surface area contributed by atoms with Crippen molar-refractivity contribution in [3.63, 3.8) is 0 Å². The number of benzene rings is 1. The number of rotatable bonds is 15. The molecule has 40 heavy (non-hydrogen) atoms. The van der Waals surface area contributed by atoms with Gasteiger partial charge in [-0.25, -0.2) is 14.6 Å². The minimum atomic E-state index is -1.31. The van der Waals surface area contributed by atoms with Crippen molar-refractivity contribution in [2.45, 2.75) is 58.2 Å². The number of nitrogens with zero attached hydrogens (tertiary/aromatic N) is 2. The van der Waals surface area contributed by atoms with Gasteiger partial charge in [0.25, 0.3) is 0 Å². The highest BCUT2D eigenvalue weighted by Crippen LogP contribution is 2.32. The number of ether oxygens (including phenoxy) is 2. The summed E-state index contributed by atoms with van der Waals surface area (Å²) in [6, 6.07) is 5.29. The van der Waals surface area contributed by atoms with Crippen molar-refractivity contribution in [3.8, 4) is 11.3 Å². The Morgan fingerprint density at radius 2 is 1.93 bits per heavy atom. The molecule has 1 unspecified atom stereocenters. The van der Waals surface area contributed by atoms with Crippen molar-refractivity contribution >= 4 is 37.5 Å². The van der Waals surface area contributed by atoms with Gasteiger partial charge in [-0.3, -0.25) is 10.1 Å². The van der Waals surface area contributed by atoms with E-state index in [1.54, 1.807) is 41.1 Å². The van der Waals surface area contributed by atoms with Crippen molar-refractivity contribution in [1.29, 1.82) is 0 Å². The van der Waals surface area contributed by atoms with E-state index < -0.39 is 26.3 Å². The summed E-state index contributed by atoms with van der Waals surface area (Å²) < 4.78 is 12.4. The van der Waals surface area contributed by atoms with E-state index in [2.05, 4.69) is 53.5 Å². The van der Waals surface area contributed by atoms with Gasteiger partial charge in [-0.2, -0.15) is 0 Å². The molecule has 218 valence electrons. The molecule has 0 fully saturated rings. The Morgan fingerprint density at radius 1 is 1.20 bits per heavy atom. The Bertz CT molecular complexity index is 1210. The average molecular weight is 572 g/mol. The molecular formula is C28H41N5O6Si. The number of hydrogen-bond donors (Lipinski definition) is 4. The average Bonchev–Trinajstić information content (AvgIpc) is 3.29. The van der Waals surface area contributed by atoms with Crippen LogP contribution in [0, 0.1) is 5.92 Å². The van der Waals surface area contributed by atoms with Crippen LogP contribution in [0.4, 0.5) is 21.0 Å². The summed E-state index contributed by atoms with van der Waals surface area (Å²) in [5, 5.41) is 17.4. The van der Waals surface area contributed by atoms with E-state index in [0.717, 1.165) is 6.04 Å². The van der Waals surface area contributed by atoms with Gasteiger partial charge in [0.05, 0.1) is 24.5 Å². The molecule has 2 atom stereocenters. The molecule has 0 bridgehead atoms. The van der Waals surface area contributed by atoms with Crippen molar-refractivity contribution in [2.75, 3.05) is 24.4 Å². The van der Waals surface area contributed by atoms with Crippen LogP contribution in [0.1, 0.15) is 31.6 Å². The molecule has 0 saturated heterocycles. The van der Waals surface area contributed by atoms with Gasteiger partial charge in [-0.1, -0.05) is 38.7 Å². The lowest BCUT2D eigenvalue weighted by Crippen LogP contribution is -2.29. The summed E-state index contributed by atoms with van der Waals surface area (Å²) in [5.41, 5.74) is 1.89. The Hall–Kier alpha value is -3.90. The van der Waals surface area contributed by atoms with Crippen LogP contribution in [0.15, 0.2) is 49.7 Å². The summed E-state index contributed by atoms with van der Waals surface area (Å²) in [4.78, 5) is 40.9. The minimum Gasteiger partial charge on any atom is -0.465 e. The molecule has 0 aliphatic heterocycles. The number of methoxy groups -OCH3 is 1. The van der Waals surface area contributed by atoms with E-state index in [1.807, 2.05) is 6.92 Å². The normalized spacial score (nSPS) is 12.6. The second-order valence-corrected chi connectivity index (χ2v) is 16.3. The first-order chi connectivity index (χ1) is 18.9. The Kier molecular flexibility index (Phi) is 12.1. The van der Waals surface area contributed by atoms with Gasteiger partial charge >= 0.3 is 12.2 Å². The highest BCUT2D eigenvalue weighted by Gasteiger charge is 2.23. The van der Waals surface area contributed by atoms with E-state index in [0.29, 0.717) is 41.5 Å². The highest BCUT2D eigenvalue weighted by atomic mass is 28.3. The molecule has 0 radical (unpaired) electrons. The van der Waals surface area contributed by atoms with Gasteiger partial charge in [0.1, 0.15) is 12.6 Å². The fourth-order valence-electron chi connectivity index (χ4n) is 3.72. The van der Waals surface area contributed by atoms with Crippen LogP contribution in [0.3, 0.4) is 0 Å². The van der Waals surface area contributed by atoms with E-state index >= 15 is 0 Å². The molecule has 1 heterocycles. The molecule has 1 aromatic heterocycles. The quantitative estimate of drug-likeness (QED) is 0.115. The number of aromatic nitrogens is 2. The fraction of sp³-hybridized carbons (Fsp3) is 0.429. The number of anilines is 2. The van der Waals surface area contributed by atoms with Gasteiger partial charge in [-0.15, -0.1) is 13.2 Å². The van der Waals surface area contributed by atoms with E-state index in [4.69, 9.17) is 9.72 Å². The lowest BCUT2D eigenvalue weighted by atomic mass is 10.1. The molecule has 0 aliphatic rings. The molecule has 11 nitrogen and oxygen atoms in total. The fourth-order valence-corrected chi connectivity index (χ4v) is 4.48. The van der Waals surface area contributed by atoms with Crippen molar-refractivity contribution < 1.29 is 29.0 Å². The number of carboxylic acid groups (broad SMARTS) is 1. The second kappa shape index (κ2) is 15.0. The zero-order valence-corrected chi connectivity index (χ0v) is 25.0. The summed E-state index contributed by atoms with van der Waals surface area (Å²) in [6.45, 7) is 16.9. The molecule has 0 spiro atoms. The maximum absolute atomic E-state index is 12.8. The topological polar surface area (TPSA) is 144 Å². The van der Waals surface area contributed by atoms with Crippen LogP contribution in [-0.4, -0.2) is 54.5 Å². The van der Waals surface area contributed by atoms with Crippen LogP contribution in [0.2, 0.25) is 25.7 Å². The SMILES string of the molecule is C=CC[C@H](NC(=O)O)c1nc(-c2ccc(NC(=O)OC)cc2NC(=O)CC(C)C=C)cn1COCC[Si](C)(C)C. The van der Waals surface area contributed by atoms with Crippen LogP contribution in [-0.2, 0) is 21.0 Å². The lowest BCUT2D eigenvalue weighted by molar-refractivity contribution is -0.116. The number of imidazole rings is 1. The van der Waals surface area contributed by atoms with Crippen LogP contribution < -0.4 is 16.0 Å². The van der Waals surface area contributed by atoms with Gasteiger partial charge in [-0.05, 0) is 36.6 Å². The molecule has 3 amide bonds. The highest BCUT2D eigenvalue weighted by molar-refractivity contribution is 6.76. The smallest absolute Gasteiger partial charge is 0.411 e. The van der Waals surface area contributed by atoms with Crippen LogP contribution >= 0.6 is 0 Å². The van der Waals surface area contributed by atoms with Gasteiger partial charge < -0.3 is 29.8 Å². The molecule has 2 aromatic rings.